The van der Waals surface area contributed by atoms with Gasteiger partial charge in [0.15, 0.2) is 4.80 Å². The van der Waals surface area contributed by atoms with Crippen molar-refractivity contribution >= 4 is 34.7 Å². The number of carbonyl (C=O) groups excluding carboxylic acids is 1. The van der Waals surface area contributed by atoms with Crippen molar-refractivity contribution in [1.29, 1.82) is 0 Å². The van der Waals surface area contributed by atoms with Gasteiger partial charge in [0, 0.05) is 4.88 Å². The van der Waals surface area contributed by atoms with E-state index in [4.69, 9.17) is 4.74 Å². The van der Waals surface area contributed by atoms with Crippen molar-refractivity contribution < 1.29 is 13.9 Å². The second-order valence-electron chi connectivity index (χ2n) is 7.10. The average Bonchev–Trinajstić information content (AvgIpc) is 3.31. The number of esters is 1. The monoisotopic (exact) mass is 442 g/mol. The van der Waals surface area contributed by atoms with Crippen molar-refractivity contribution in [3.05, 3.63) is 89.0 Å². The molecule has 8 heteroatoms. The smallest absolute Gasteiger partial charge is 0.338 e. The van der Waals surface area contributed by atoms with E-state index in [9.17, 15) is 14.0 Å². The van der Waals surface area contributed by atoms with Gasteiger partial charge in [-0.25, -0.2) is 14.2 Å². The van der Waals surface area contributed by atoms with Gasteiger partial charge >= 0.3 is 5.97 Å². The molecule has 0 spiro atoms. The number of ether oxygens (including phenoxy) is 1. The number of thiazole rings is 1. The van der Waals surface area contributed by atoms with Crippen LogP contribution in [-0.4, -0.2) is 16.6 Å². The van der Waals surface area contributed by atoms with E-state index in [0.29, 0.717) is 26.2 Å². The molecule has 30 heavy (non-hydrogen) atoms. The fourth-order valence-corrected chi connectivity index (χ4v) is 5.16. The number of fused-ring (bicyclic) bond motifs is 1. The predicted octanol–water partition coefficient (Wildman–Crippen LogP) is 3.39. The van der Waals surface area contributed by atoms with Crippen molar-refractivity contribution in [2.75, 3.05) is 0 Å². The van der Waals surface area contributed by atoms with Crippen molar-refractivity contribution in [2.45, 2.75) is 32.9 Å². The van der Waals surface area contributed by atoms with Gasteiger partial charge in [-0.3, -0.25) is 9.36 Å². The molecule has 0 radical (unpaired) electrons. The van der Waals surface area contributed by atoms with Gasteiger partial charge in [-0.15, -0.1) is 11.3 Å². The lowest BCUT2D eigenvalue weighted by molar-refractivity contribution is -0.143. The molecule has 3 heterocycles. The van der Waals surface area contributed by atoms with E-state index in [1.807, 2.05) is 17.5 Å². The summed E-state index contributed by atoms with van der Waals surface area (Å²) in [5, 5.41) is 1.91. The Morgan fingerprint density at radius 1 is 1.27 bits per heavy atom. The summed E-state index contributed by atoms with van der Waals surface area (Å²) in [5.74, 6) is -0.812. The molecule has 0 aliphatic carbocycles. The second-order valence-corrected chi connectivity index (χ2v) is 9.09. The van der Waals surface area contributed by atoms with E-state index in [0.717, 1.165) is 4.88 Å². The zero-order chi connectivity index (χ0) is 21.4. The van der Waals surface area contributed by atoms with Gasteiger partial charge in [-0.1, -0.05) is 29.5 Å². The Balaban J connectivity index is 1.91. The van der Waals surface area contributed by atoms with E-state index in [2.05, 4.69) is 4.99 Å². The Morgan fingerprint density at radius 3 is 2.63 bits per heavy atom. The van der Waals surface area contributed by atoms with Crippen LogP contribution in [0.2, 0.25) is 0 Å². The molecule has 0 N–H and O–H groups in total. The first-order valence-electron chi connectivity index (χ1n) is 9.37. The van der Waals surface area contributed by atoms with Crippen molar-refractivity contribution in [3.8, 4) is 0 Å². The summed E-state index contributed by atoms with van der Waals surface area (Å²) < 4.78 is 20.7. The summed E-state index contributed by atoms with van der Waals surface area (Å²) in [6, 6.07) is 9.11. The van der Waals surface area contributed by atoms with E-state index < -0.39 is 12.0 Å². The van der Waals surface area contributed by atoms with Crippen molar-refractivity contribution in [2.24, 2.45) is 4.99 Å². The highest BCUT2D eigenvalue weighted by Crippen LogP contribution is 2.33. The van der Waals surface area contributed by atoms with Crippen LogP contribution < -0.4 is 14.9 Å². The van der Waals surface area contributed by atoms with Crippen LogP contribution in [0.3, 0.4) is 0 Å². The van der Waals surface area contributed by atoms with E-state index in [-0.39, 0.29) is 17.5 Å². The molecular weight excluding hydrogens is 423 g/mol. The number of thiophene rings is 1. The molecule has 1 aromatic carbocycles. The lowest BCUT2D eigenvalue weighted by Crippen LogP contribution is -2.39. The number of nitrogens with zero attached hydrogens (tertiary/aromatic N) is 2. The molecule has 2 aromatic heterocycles. The third-order valence-corrected chi connectivity index (χ3v) is 6.47. The standard InChI is InChI=1S/C22H19FN2O3S2/c1-12(2)28-21(27)18-13(3)24-22-25(19(18)16-5-4-10-29-16)20(26)17(30-22)11-14-6-8-15(23)9-7-14/h4-12,19H,1-3H3. The molecule has 154 valence electrons. The Bertz CT molecular complexity index is 1300. The number of allylic oxidation sites excluding steroid dienone is 1. The minimum Gasteiger partial charge on any atom is -0.459 e. The van der Waals surface area contributed by atoms with Gasteiger partial charge in [-0.05, 0) is 56.0 Å². The van der Waals surface area contributed by atoms with Gasteiger partial charge in [0.25, 0.3) is 5.56 Å². The summed E-state index contributed by atoms with van der Waals surface area (Å²) in [4.78, 5) is 32.1. The van der Waals surface area contributed by atoms with Crippen molar-refractivity contribution in [3.63, 3.8) is 0 Å². The molecule has 1 aliphatic rings. The van der Waals surface area contributed by atoms with E-state index in [1.165, 1.54) is 34.8 Å². The Labute approximate surface area is 180 Å². The molecule has 1 aliphatic heterocycles. The number of rotatable bonds is 4. The molecule has 1 atom stereocenters. The van der Waals surface area contributed by atoms with Crippen LogP contribution in [0.25, 0.3) is 6.08 Å². The molecule has 0 saturated carbocycles. The zero-order valence-electron chi connectivity index (χ0n) is 16.6. The number of hydrogen-bond donors (Lipinski definition) is 0. The summed E-state index contributed by atoms with van der Waals surface area (Å²) in [6.45, 7) is 5.33. The summed E-state index contributed by atoms with van der Waals surface area (Å²) in [7, 11) is 0. The topological polar surface area (TPSA) is 60.7 Å². The molecule has 0 fully saturated rings. The zero-order valence-corrected chi connectivity index (χ0v) is 18.2. The maximum absolute atomic E-state index is 13.3. The highest BCUT2D eigenvalue weighted by molar-refractivity contribution is 7.10. The quantitative estimate of drug-likeness (QED) is 0.582. The lowest BCUT2D eigenvalue weighted by atomic mass is 10.0. The molecule has 3 aromatic rings. The van der Waals surface area contributed by atoms with Crippen LogP contribution in [0, 0.1) is 5.82 Å². The van der Waals surface area contributed by atoms with Gasteiger partial charge in [0.2, 0.25) is 0 Å². The SMILES string of the molecule is CC1=C(C(=O)OC(C)C)C(c2cccs2)n2c(sc(=Cc3ccc(F)cc3)c2=O)=N1. The third-order valence-electron chi connectivity index (χ3n) is 4.56. The first-order chi connectivity index (χ1) is 14.3. The molecule has 4 rings (SSSR count). The van der Waals surface area contributed by atoms with E-state index in [1.54, 1.807) is 43.5 Å². The molecule has 1 unspecified atom stereocenters. The normalized spacial score (nSPS) is 16.6. The van der Waals surface area contributed by atoms with Crippen LogP contribution in [0.15, 0.2) is 62.8 Å². The molecule has 5 nitrogen and oxygen atoms in total. The van der Waals surface area contributed by atoms with Crippen LogP contribution in [0.4, 0.5) is 4.39 Å². The fourth-order valence-electron chi connectivity index (χ4n) is 3.29. The molecule has 0 amide bonds. The van der Waals surface area contributed by atoms with Crippen molar-refractivity contribution in [1.82, 2.24) is 4.57 Å². The fraction of sp³-hybridized carbons (Fsp3) is 0.227. The maximum Gasteiger partial charge on any atom is 0.338 e. The highest BCUT2D eigenvalue weighted by Gasteiger charge is 2.34. The van der Waals surface area contributed by atoms with Crippen LogP contribution >= 0.6 is 22.7 Å². The maximum atomic E-state index is 13.3. The number of aromatic nitrogens is 1. The number of hydrogen-bond acceptors (Lipinski definition) is 6. The van der Waals surface area contributed by atoms with Crippen LogP contribution in [0.5, 0.6) is 0 Å². The minimum atomic E-state index is -0.595. The summed E-state index contributed by atoms with van der Waals surface area (Å²) >= 11 is 2.71. The van der Waals surface area contributed by atoms with Gasteiger partial charge in [0.05, 0.1) is 21.9 Å². The Kier molecular flexibility index (Phi) is 5.53. The lowest BCUT2D eigenvalue weighted by Gasteiger charge is -2.24. The van der Waals surface area contributed by atoms with Crippen LogP contribution in [-0.2, 0) is 9.53 Å². The van der Waals surface area contributed by atoms with Crippen LogP contribution in [0.1, 0.15) is 37.3 Å². The largest absolute Gasteiger partial charge is 0.459 e. The average molecular weight is 443 g/mol. The first-order valence-corrected chi connectivity index (χ1v) is 11.1. The highest BCUT2D eigenvalue weighted by atomic mass is 32.1. The Hall–Kier alpha value is -2.84. The molecular formula is C22H19FN2O3S2. The predicted molar refractivity (Wildman–Crippen MR) is 116 cm³/mol. The second kappa shape index (κ2) is 8.12. The van der Waals surface area contributed by atoms with Gasteiger partial charge < -0.3 is 4.74 Å². The molecule has 0 saturated heterocycles. The number of halogens is 1. The third kappa shape index (κ3) is 3.80. The number of carbonyl (C=O) groups is 1. The minimum absolute atomic E-state index is 0.246. The van der Waals surface area contributed by atoms with Gasteiger partial charge in [0.1, 0.15) is 11.9 Å². The summed E-state index contributed by atoms with van der Waals surface area (Å²) in [5.41, 5.74) is 1.37. The molecule has 0 bridgehead atoms. The summed E-state index contributed by atoms with van der Waals surface area (Å²) in [6.07, 6.45) is 1.42. The van der Waals surface area contributed by atoms with E-state index >= 15 is 0 Å². The Morgan fingerprint density at radius 2 is 2.00 bits per heavy atom. The van der Waals surface area contributed by atoms with Gasteiger partial charge in [-0.2, -0.15) is 0 Å². The number of benzene rings is 1. The first kappa shape index (κ1) is 20.4.